The van der Waals surface area contributed by atoms with Crippen LogP contribution in [0.3, 0.4) is 0 Å². The average molecular weight is 430 g/mol. The van der Waals surface area contributed by atoms with E-state index in [1.807, 2.05) is 13.1 Å². The summed E-state index contributed by atoms with van der Waals surface area (Å²) < 4.78 is 0. The monoisotopic (exact) mass is 429 g/mol. The fourth-order valence-electron chi connectivity index (χ4n) is 4.15. The molecule has 0 saturated carbocycles. The number of aryl methyl sites for hydroxylation is 1. The lowest BCUT2D eigenvalue weighted by molar-refractivity contribution is 0.590. The van der Waals surface area contributed by atoms with E-state index in [-0.39, 0.29) is 5.41 Å². The number of anilines is 4. The summed E-state index contributed by atoms with van der Waals surface area (Å²) in [5, 5.41) is 10.3. The Morgan fingerprint density at radius 1 is 0.938 bits per heavy atom. The van der Waals surface area contributed by atoms with Crippen LogP contribution in [-0.4, -0.2) is 23.1 Å². The van der Waals surface area contributed by atoms with E-state index in [2.05, 4.69) is 90.2 Å². The van der Waals surface area contributed by atoms with Crippen LogP contribution in [0.25, 0.3) is 0 Å². The van der Waals surface area contributed by atoms with Crippen LogP contribution in [0, 0.1) is 6.92 Å². The van der Waals surface area contributed by atoms with Gasteiger partial charge in [-0.25, -0.2) is 4.98 Å². The summed E-state index contributed by atoms with van der Waals surface area (Å²) in [6.45, 7) is 10.9. The maximum Gasteiger partial charge on any atom is 0.229 e. The van der Waals surface area contributed by atoms with E-state index in [1.54, 1.807) is 0 Å². The standard InChI is InChI=1S/C27H35N5/c1-19-18-29-26(32-25(19)30-24-9-5-8-22(17-24)27(2,3)4)31-23-12-10-21(11-13-23)20-7-6-15-28-16-14-20/h5,8-13,17-18,20,28H,6-7,14-16H2,1-4H3,(H2,29,30,31,32). The molecule has 5 nitrogen and oxygen atoms in total. The Labute approximate surface area is 192 Å². The highest BCUT2D eigenvalue weighted by Crippen LogP contribution is 2.29. The molecule has 0 radical (unpaired) electrons. The molecule has 0 amide bonds. The maximum absolute atomic E-state index is 4.74. The van der Waals surface area contributed by atoms with Crippen molar-refractivity contribution in [1.82, 2.24) is 15.3 Å². The van der Waals surface area contributed by atoms with Gasteiger partial charge in [-0.2, -0.15) is 4.98 Å². The molecule has 2 aromatic carbocycles. The van der Waals surface area contributed by atoms with Gasteiger partial charge in [-0.1, -0.05) is 45.0 Å². The van der Waals surface area contributed by atoms with Gasteiger partial charge in [0.15, 0.2) is 0 Å². The molecule has 1 unspecified atom stereocenters. The second-order valence-electron chi connectivity index (χ2n) is 9.81. The molecule has 0 aliphatic carbocycles. The van der Waals surface area contributed by atoms with Gasteiger partial charge in [0.1, 0.15) is 5.82 Å². The van der Waals surface area contributed by atoms with Crippen molar-refractivity contribution < 1.29 is 0 Å². The number of benzene rings is 2. The Morgan fingerprint density at radius 3 is 2.53 bits per heavy atom. The van der Waals surface area contributed by atoms with Crippen molar-refractivity contribution in [3.63, 3.8) is 0 Å². The van der Waals surface area contributed by atoms with Gasteiger partial charge in [0.2, 0.25) is 5.95 Å². The van der Waals surface area contributed by atoms with Gasteiger partial charge < -0.3 is 16.0 Å². The van der Waals surface area contributed by atoms with Crippen molar-refractivity contribution >= 4 is 23.1 Å². The van der Waals surface area contributed by atoms with Gasteiger partial charge in [0, 0.05) is 23.1 Å². The van der Waals surface area contributed by atoms with Gasteiger partial charge in [0.05, 0.1) is 0 Å². The summed E-state index contributed by atoms with van der Waals surface area (Å²) in [5.74, 6) is 2.06. The highest BCUT2D eigenvalue weighted by atomic mass is 15.1. The van der Waals surface area contributed by atoms with Crippen LogP contribution in [0.4, 0.5) is 23.1 Å². The largest absolute Gasteiger partial charge is 0.340 e. The van der Waals surface area contributed by atoms with Crippen LogP contribution in [0.5, 0.6) is 0 Å². The van der Waals surface area contributed by atoms with E-state index in [0.717, 1.165) is 35.8 Å². The minimum Gasteiger partial charge on any atom is -0.340 e. The fraction of sp³-hybridized carbons (Fsp3) is 0.407. The van der Waals surface area contributed by atoms with E-state index >= 15 is 0 Å². The van der Waals surface area contributed by atoms with Gasteiger partial charge in [-0.15, -0.1) is 0 Å². The van der Waals surface area contributed by atoms with Crippen LogP contribution in [-0.2, 0) is 5.41 Å². The highest BCUT2D eigenvalue weighted by molar-refractivity contribution is 5.63. The summed E-state index contributed by atoms with van der Waals surface area (Å²) in [5.41, 5.74) is 5.86. The summed E-state index contributed by atoms with van der Waals surface area (Å²) in [4.78, 5) is 9.22. The molecule has 3 N–H and O–H groups in total. The lowest BCUT2D eigenvalue weighted by Gasteiger charge is -2.20. The molecule has 2 heterocycles. The Hall–Kier alpha value is -2.92. The predicted octanol–water partition coefficient (Wildman–Crippen LogP) is 6.43. The molecule has 5 heteroatoms. The molecule has 1 aliphatic rings. The predicted molar refractivity (Wildman–Crippen MR) is 134 cm³/mol. The average Bonchev–Trinajstić information content (AvgIpc) is 3.06. The van der Waals surface area contributed by atoms with Crippen molar-refractivity contribution in [2.75, 3.05) is 23.7 Å². The normalized spacial score (nSPS) is 16.9. The summed E-state index contributed by atoms with van der Waals surface area (Å²) >= 11 is 0. The Balaban J connectivity index is 1.47. The number of hydrogen-bond donors (Lipinski definition) is 3. The van der Waals surface area contributed by atoms with Gasteiger partial charge in [-0.3, -0.25) is 0 Å². The molecular formula is C27H35N5. The first-order valence-corrected chi connectivity index (χ1v) is 11.7. The third-order valence-corrected chi connectivity index (χ3v) is 6.18. The quantitative estimate of drug-likeness (QED) is 0.436. The van der Waals surface area contributed by atoms with Crippen LogP contribution >= 0.6 is 0 Å². The van der Waals surface area contributed by atoms with Crippen molar-refractivity contribution in [3.8, 4) is 0 Å². The SMILES string of the molecule is Cc1cnc(Nc2ccc(C3CCCNCC3)cc2)nc1Nc1cccc(C(C)(C)C)c1. The van der Waals surface area contributed by atoms with E-state index < -0.39 is 0 Å². The Morgan fingerprint density at radius 2 is 1.75 bits per heavy atom. The maximum atomic E-state index is 4.74. The summed E-state index contributed by atoms with van der Waals surface area (Å²) in [7, 11) is 0. The van der Waals surface area contributed by atoms with E-state index in [9.17, 15) is 0 Å². The van der Waals surface area contributed by atoms with Crippen molar-refractivity contribution in [1.29, 1.82) is 0 Å². The zero-order valence-electron chi connectivity index (χ0n) is 19.7. The van der Waals surface area contributed by atoms with Crippen LogP contribution < -0.4 is 16.0 Å². The summed E-state index contributed by atoms with van der Waals surface area (Å²) in [6.07, 6.45) is 5.57. The minimum absolute atomic E-state index is 0.102. The van der Waals surface area contributed by atoms with E-state index in [0.29, 0.717) is 11.9 Å². The molecule has 1 atom stereocenters. The topological polar surface area (TPSA) is 61.9 Å². The number of nitrogens with zero attached hydrogens (tertiary/aromatic N) is 2. The zero-order chi connectivity index (χ0) is 22.6. The molecule has 32 heavy (non-hydrogen) atoms. The van der Waals surface area contributed by atoms with Crippen molar-refractivity contribution in [3.05, 3.63) is 71.4 Å². The molecule has 1 aliphatic heterocycles. The van der Waals surface area contributed by atoms with Crippen molar-refractivity contribution in [2.45, 2.75) is 58.3 Å². The van der Waals surface area contributed by atoms with Crippen LogP contribution in [0.15, 0.2) is 54.7 Å². The molecule has 1 saturated heterocycles. The first-order valence-electron chi connectivity index (χ1n) is 11.7. The number of nitrogens with one attached hydrogen (secondary N) is 3. The Bertz CT molecular complexity index is 1030. The van der Waals surface area contributed by atoms with Crippen LogP contribution in [0.2, 0.25) is 0 Å². The first kappa shape index (κ1) is 22.3. The lowest BCUT2D eigenvalue weighted by Crippen LogP contribution is -2.13. The number of rotatable bonds is 5. The second-order valence-corrected chi connectivity index (χ2v) is 9.81. The van der Waals surface area contributed by atoms with Gasteiger partial charge in [0.25, 0.3) is 0 Å². The molecule has 168 valence electrons. The molecule has 1 fully saturated rings. The van der Waals surface area contributed by atoms with E-state index in [1.165, 1.54) is 30.4 Å². The Kier molecular flexibility index (Phi) is 6.75. The fourth-order valence-corrected chi connectivity index (χ4v) is 4.15. The minimum atomic E-state index is 0.102. The van der Waals surface area contributed by atoms with Crippen molar-refractivity contribution in [2.24, 2.45) is 0 Å². The molecule has 4 rings (SSSR count). The molecule has 0 spiro atoms. The smallest absolute Gasteiger partial charge is 0.229 e. The van der Waals surface area contributed by atoms with Gasteiger partial charge in [-0.05, 0) is 86.0 Å². The summed E-state index contributed by atoms with van der Waals surface area (Å²) in [6, 6.07) is 17.3. The first-order chi connectivity index (χ1) is 15.4. The zero-order valence-corrected chi connectivity index (χ0v) is 19.7. The molecule has 0 bridgehead atoms. The third kappa shape index (κ3) is 5.65. The molecule has 3 aromatic rings. The van der Waals surface area contributed by atoms with Crippen LogP contribution in [0.1, 0.15) is 62.6 Å². The third-order valence-electron chi connectivity index (χ3n) is 6.18. The second kappa shape index (κ2) is 9.70. The van der Waals surface area contributed by atoms with E-state index in [4.69, 9.17) is 4.98 Å². The lowest BCUT2D eigenvalue weighted by atomic mass is 9.87. The number of hydrogen-bond acceptors (Lipinski definition) is 5. The molecule has 1 aromatic heterocycles. The number of aromatic nitrogens is 2. The molecular weight excluding hydrogens is 394 g/mol. The highest BCUT2D eigenvalue weighted by Gasteiger charge is 2.15. The van der Waals surface area contributed by atoms with Gasteiger partial charge >= 0.3 is 0 Å².